The molecule has 1 N–H and O–H groups in total. The standard InChI is InChI=1S/C25H22ClN3O/c1-16-8-13-19-21(15-16)27-24(20-5-2-3-7-23(20)30)28-25(19)29-14-4-6-22(29)17-9-11-18(26)12-10-17/h2-3,5,7-13,15,22,30H,4,6,14H2,1H3. The number of fused-ring (bicyclic) bond motifs is 1. The molecule has 0 bridgehead atoms. The highest BCUT2D eigenvalue weighted by molar-refractivity contribution is 6.30. The van der Waals surface area contributed by atoms with Crippen LogP contribution >= 0.6 is 11.6 Å². The number of anilines is 1. The van der Waals surface area contributed by atoms with Crippen LogP contribution < -0.4 is 4.90 Å². The summed E-state index contributed by atoms with van der Waals surface area (Å²) in [5.74, 6) is 1.64. The molecule has 4 aromatic rings. The van der Waals surface area contributed by atoms with Crippen molar-refractivity contribution in [2.24, 2.45) is 0 Å². The fourth-order valence-electron chi connectivity index (χ4n) is 4.28. The average Bonchev–Trinajstić information content (AvgIpc) is 3.23. The van der Waals surface area contributed by atoms with Gasteiger partial charge in [-0.15, -0.1) is 0 Å². The number of nitrogens with zero attached hydrogens (tertiary/aromatic N) is 3. The van der Waals surface area contributed by atoms with Gasteiger partial charge in [-0.05, 0) is 67.3 Å². The van der Waals surface area contributed by atoms with Gasteiger partial charge in [0.15, 0.2) is 5.82 Å². The maximum atomic E-state index is 10.4. The summed E-state index contributed by atoms with van der Waals surface area (Å²) >= 11 is 6.11. The second-order valence-corrected chi connectivity index (χ2v) is 8.25. The molecule has 5 rings (SSSR count). The molecule has 3 aromatic carbocycles. The summed E-state index contributed by atoms with van der Waals surface area (Å²) in [6.45, 7) is 2.99. The summed E-state index contributed by atoms with van der Waals surface area (Å²) in [6.07, 6.45) is 2.15. The van der Waals surface area contributed by atoms with Crippen LogP contribution in [0.4, 0.5) is 5.82 Å². The summed E-state index contributed by atoms with van der Waals surface area (Å²) in [5, 5.41) is 12.2. The minimum Gasteiger partial charge on any atom is -0.507 e. The molecule has 1 unspecified atom stereocenters. The van der Waals surface area contributed by atoms with E-state index >= 15 is 0 Å². The summed E-state index contributed by atoms with van der Waals surface area (Å²) in [6, 6.07) is 21.8. The summed E-state index contributed by atoms with van der Waals surface area (Å²) in [7, 11) is 0. The Hall–Kier alpha value is -3.11. The van der Waals surface area contributed by atoms with Crippen LogP contribution in [0.5, 0.6) is 5.75 Å². The monoisotopic (exact) mass is 415 g/mol. The number of hydrogen-bond acceptors (Lipinski definition) is 4. The Morgan fingerprint density at radius 1 is 1.00 bits per heavy atom. The predicted molar refractivity (Wildman–Crippen MR) is 122 cm³/mol. The van der Waals surface area contributed by atoms with E-state index in [0.717, 1.165) is 46.7 Å². The van der Waals surface area contributed by atoms with Crippen molar-refractivity contribution < 1.29 is 5.11 Å². The molecule has 1 fully saturated rings. The normalized spacial score (nSPS) is 16.3. The number of aromatic hydroxyl groups is 1. The second kappa shape index (κ2) is 7.62. The van der Waals surface area contributed by atoms with E-state index in [-0.39, 0.29) is 11.8 Å². The lowest BCUT2D eigenvalue weighted by molar-refractivity contribution is 0.477. The molecule has 150 valence electrons. The van der Waals surface area contributed by atoms with Gasteiger partial charge in [0.1, 0.15) is 11.6 Å². The van der Waals surface area contributed by atoms with Crippen LogP contribution in [0.15, 0.2) is 66.7 Å². The van der Waals surface area contributed by atoms with Crippen molar-refractivity contribution in [3.05, 3.63) is 82.9 Å². The van der Waals surface area contributed by atoms with Crippen LogP contribution in [0.25, 0.3) is 22.3 Å². The molecule has 30 heavy (non-hydrogen) atoms. The third kappa shape index (κ3) is 3.37. The quantitative estimate of drug-likeness (QED) is 0.426. The Morgan fingerprint density at radius 3 is 2.60 bits per heavy atom. The van der Waals surface area contributed by atoms with E-state index in [9.17, 15) is 5.11 Å². The fraction of sp³-hybridized carbons (Fsp3) is 0.200. The highest BCUT2D eigenvalue weighted by Gasteiger charge is 2.29. The largest absolute Gasteiger partial charge is 0.507 e. The Labute approximate surface area is 180 Å². The third-order valence-electron chi connectivity index (χ3n) is 5.76. The predicted octanol–water partition coefficient (Wildman–Crippen LogP) is 6.31. The van der Waals surface area contributed by atoms with Crippen molar-refractivity contribution >= 4 is 28.3 Å². The first kappa shape index (κ1) is 18.9. The molecule has 4 nitrogen and oxygen atoms in total. The number of phenolic OH excluding ortho intramolecular Hbond substituents is 1. The average molecular weight is 416 g/mol. The lowest BCUT2D eigenvalue weighted by Crippen LogP contribution is -2.24. The van der Waals surface area contributed by atoms with Crippen LogP contribution in [-0.2, 0) is 0 Å². The van der Waals surface area contributed by atoms with E-state index in [1.807, 2.05) is 30.3 Å². The Kier molecular flexibility index (Phi) is 4.80. The first-order valence-electron chi connectivity index (χ1n) is 10.2. The second-order valence-electron chi connectivity index (χ2n) is 7.81. The molecule has 1 aliphatic heterocycles. The van der Waals surface area contributed by atoms with E-state index in [1.54, 1.807) is 6.07 Å². The van der Waals surface area contributed by atoms with Crippen LogP contribution in [0.2, 0.25) is 5.02 Å². The minimum absolute atomic E-state index is 0.186. The van der Waals surface area contributed by atoms with Crippen molar-refractivity contribution in [1.82, 2.24) is 9.97 Å². The van der Waals surface area contributed by atoms with Gasteiger partial charge in [-0.25, -0.2) is 9.97 Å². The van der Waals surface area contributed by atoms with Crippen molar-refractivity contribution in [3.63, 3.8) is 0 Å². The van der Waals surface area contributed by atoms with E-state index in [1.165, 1.54) is 5.56 Å². The van der Waals surface area contributed by atoms with Gasteiger partial charge < -0.3 is 10.0 Å². The zero-order valence-corrected chi connectivity index (χ0v) is 17.5. The maximum Gasteiger partial charge on any atom is 0.165 e. The lowest BCUT2D eigenvalue weighted by Gasteiger charge is -2.28. The van der Waals surface area contributed by atoms with Crippen molar-refractivity contribution in [2.75, 3.05) is 11.4 Å². The molecule has 0 saturated carbocycles. The van der Waals surface area contributed by atoms with Gasteiger partial charge in [-0.3, -0.25) is 0 Å². The van der Waals surface area contributed by atoms with Crippen molar-refractivity contribution in [1.29, 1.82) is 0 Å². The van der Waals surface area contributed by atoms with Gasteiger partial charge >= 0.3 is 0 Å². The number of aryl methyl sites for hydroxylation is 1. The van der Waals surface area contributed by atoms with E-state index in [4.69, 9.17) is 21.6 Å². The van der Waals surface area contributed by atoms with Gasteiger partial charge in [0, 0.05) is 17.0 Å². The number of benzene rings is 3. The number of halogens is 1. The Balaban J connectivity index is 1.69. The first-order chi connectivity index (χ1) is 14.6. The molecule has 1 atom stereocenters. The van der Waals surface area contributed by atoms with Gasteiger partial charge in [-0.1, -0.05) is 41.9 Å². The van der Waals surface area contributed by atoms with Crippen molar-refractivity contribution in [3.8, 4) is 17.1 Å². The molecule has 0 radical (unpaired) electrons. The number of rotatable bonds is 3. The SMILES string of the molecule is Cc1ccc2c(N3CCCC3c3ccc(Cl)cc3)nc(-c3ccccc3O)nc2c1. The van der Waals surface area contributed by atoms with Gasteiger partial charge in [0.05, 0.1) is 17.1 Å². The molecule has 0 aliphatic carbocycles. The zero-order valence-electron chi connectivity index (χ0n) is 16.7. The highest BCUT2D eigenvalue weighted by atomic mass is 35.5. The Bertz CT molecular complexity index is 1220. The lowest BCUT2D eigenvalue weighted by atomic mass is 10.0. The molecule has 0 spiro atoms. The van der Waals surface area contributed by atoms with Crippen LogP contribution in [0.1, 0.15) is 30.0 Å². The van der Waals surface area contributed by atoms with E-state index < -0.39 is 0 Å². The maximum absolute atomic E-state index is 10.4. The molecule has 5 heteroatoms. The van der Waals surface area contributed by atoms with Crippen LogP contribution in [0.3, 0.4) is 0 Å². The summed E-state index contributed by atoms with van der Waals surface area (Å²) in [5.41, 5.74) is 3.91. The highest BCUT2D eigenvalue weighted by Crippen LogP contribution is 2.40. The minimum atomic E-state index is 0.186. The van der Waals surface area contributed by atoms with Gasteiger partial charge in [0.25, 0.3) is 0 Å². The number of para-hydroxylation sites is 1. The molecule has 0 amide bonds. The van der Waals surface area contributed by atoms with Gasteiger partial charge in [0.2, 0.25) is 0 Å². The summed E-state index contributed by atoms with van der Waals surface area (Å²) in [4.78, 5) is 12.1. The number of aromatic nitrogens is 2. The molecule has 1 aromatic heterocycles. The van der Waals surface area contributed by atoms with Crippen molar-refractivity contribution in [2.45, 2.75) is 25.8 Å². The molecule has 1 aliphatic rings. The third-order valence-corrected chi connectivity index (χ3v) is 6.01. The molecule has 2 heterocycles. The summed E-state index contributed by atoms with van der Waals surface area (Å²) < 4.78 is 0. The number of hydrogen-bond donors (Lipinski definition) is 1. The van der Waals surface area contributed by atoms with E-state index in [0.29, 0.717) is 11.4 Å². The van der Waals surface area contributed by atoms with Crippen LogP contribution in [0, 0.1) is 6.92 Å². The zero-order chi connectivity index (χ0) is 20.7. The first-order valence-corrected chi connectivity index (χ1v) is 10.6. The fourth-order valence-corrected chi connectivity index (χ4v) is 4.40. The van der Waals surface area contributed by atoms with Crippen LogP contribution in [-0.4, -0.2) is 21.6 Å². The molecular weight excluding hydrogens is 394 g/mol. The smallest absolute Gasteiger partial charge is 0.165 e. The Morgan fingerprint density at radius 2 is 1.80 bits per heavy atom. The topological polar surface area (TPSA) is 49.2 Å². The molecule has 1 saturated heterocycles. The number of phenols is 1. The molecular formula is C25H22ClN3O. The van der Waals surface area contributed by atoms with E-state index in [2.05, 4.69) is 42.2 Å². The van der Waals surface area contributed by atoms with Gasteiger partial charge in [-0.2, -0.15) is 0 Å².